The van der Waals surface area contributed by atoms with Crippen LogP contribution in [-0.4, -0.2) is 48.5 Å². The van der Waals surface area contributed by atoms with Crippen LogP contribution in [0.4, 0.5) is 5.69 Å². The number of hydrogen-bond acceptors (Lipinski definition) is 7. The number of carbonyl (C=O) groups excluding carboxylic acids is 1. The van der Waals surface area contributed by atoms with E-state index < -0.39 is 14.8 Å². The zero-order valence-electron chi connectivity index (χ0n) is 17.3. The van der Waals surface area contributed by atoms with Gasteiger partial charge in [-0.3, -0.25) is 14.9 Å². The lowest BCUT2D eigenvalue weighted by molar-refractivity contribution is -0.384. The Balaban J connectivity index is 1.48. The van der Waals surface area contributed by atoms with E-state index in [1.54, 1.807) is 41.3 Å². The molecule has 166 valence electrons. The third kappa shape index (κ3) is 4.42. The molecule has 1 fully saturated rings. The minimum absolute atomic E-state index is 0.0225. The molecule has 1 amide bonds. The minimum atomic E-state index is -3.51. The molecule has 32 heavy (non-hydrogen) atoms. The van der Waals surface area contributed by atoms with E-state index in [4.69, 9.17) is 0 Å². The molecule has 10 heteroatoms. The second-order valence-corrected chi connectivity index (χ2v) is 10.6. The number of nitro groups is 1. The van der Waals surface area contributed by atoms with Gasteiger partial charge in [-0.1, -0.05) is 24.3 Å². The molecular weight excluding hydrogens is 450 g/mol. The van der Waals surface area contributed by atoms with Crippen molar-refractivity contribution < 1.29 is 18.1 Å². The van der Waals surface area contributed by atoms with Gasteiger partial charge in [0.1, 0.15) is 0 Å². The van der Waals surface area contributed by atoms with Gasteiger partial charge < -0.3 is 4.90 Å². The number of nitrogens with zero attached hydrogens (tertiary/aromatic N) is 3. The summed E-state index contributed by atoms with van der Waals surface area (Å²) in [5, 5.41) is 14.0. The first kappa shape index (κ1) is 22.1. The number of para-hydroxylation sites is 1. The van der Waals surface area contributed by atoms with Crippen LogP contribution < -0.4 is 0 Å². The van der Waals surface area contributed by atoms with Crippen LogP contribution in [-0.2, 0) is 9.84 Å². The average Bonchev–Trinajstić information content (AvgIpc) is 3.28. The van der Waals surface area contributed by atoms with Gasteiger partial charge in [0.05, 0.1) is 31.6 Å². The third-order valence-electron chi connectivity index (χ3n) is 5.55. The van der Waals surface area contributed by atoms with Crippen LogP contribution in [0.1, 0.15) is 34.1 Å². The van der Waals surface area contributed by atoms with Crippen molar-refractivity contribution >= 4 is 32.8 Å². The molecule has 1 aliphatic heterocycles. The van der Waals surface area contributed by atoms with Crippen LogP contribution in [0.15, 0.2) is 58.8 Å². The maximum Gasteiger partial charge on any atom is 0.278 e. The molecule has 1 saturated heterocycles. The summed E-state index contributed by atoms with van der Waals surface area (Å²) in [5.74, 6) is -0.144. The van der Waals surface area contributed by atoms with Crippen LogP contribution in [0.3, 0.4) is 0 Å². The molecule has 0 atom stereocenters. The molecule has 3 aromatic rings. The van der Waals surface area contributed by atoms with E-state index in [9.17, 15) is 23.3 Å². The Hall–Kier alpha value is -3.11. The van der Waals surface area contributed by atoms with E-state index in [1.807, 2.05) is 5.38 Å². The summed E-state index contributed by atoms with van der Waals surface area (Å²) in [4.78, 5) is 30.3. The molecule has 1 aromatic heterocycles. The van der Waals surface area contributed by atoms with Crippen molar-refractivity contribution in [2.45, 2.75) is 23.7 Å². The number of amides is 1. The van der Waals surface area contributed by atoms with Crippen LogP contribution >= 0.6 is 11.3 Å². The Morgan fingerprint density at radius 3 is 2.47 bits per heavy atom. The maximum absolute atomic E-state index is 13.0. The second-order valence-electron chi connectivity index (χ2n) is 7.68. The largest absolute Gasteiger partial charge is 0.339 e. The van der Waals surface area contributed by atoms with E-state index in [1.165, 1.54) is 23.5 Å². The predicted molar refractivity (Wildman–Crippen MR) is 122 cm³/mol. The number of likely N-dealkylation sites (tertiary alicyclic amines) is 1. The fourth-order valence-electron chi connectivity index (χ4n) is 3.91. The van der Waals surface area contributed by atoms with Crippen LogP contribution in [0.5, 0.6) is 0 Å². The Morgan fingerprint density at radius 2 is 1.78 bits per heavy atom. The van der Waals surface area contributed by atoms with Crippen LogP contribution in [0, 0.1) is 10.1 Å². The highest BCUT2D eigenvalue weighted by Gasteiger charge is 2.29. The molecule has 8 nitrogen and oxygen atoms in total. The first-order valence-corrected chi connectivity index (χ1v) is 12.8. The number of nitro benzene ring substituents is 1. The molecule has 0 bridgehead atoms. The number of rotatable bonds is 5. The van der Waals surface area contributed by atoms with Gasteiger partial charge in [0.15, 0.2) is 9.84 Å². The smallest absolute Gasteiger partial charge is 0.278 e. The number of benzene rings is 2. The van der Waals surface area contributed by atoms with Gasteiger partial charge >= 0.3 is 0 Å². The van der Waals surface area contributed by atoms with Crippen molar-refractivity contribution in [3.05, 3.63) is 74.6 Å². The topological polar surface area (TPSA) is 110 Å². The summed E-state index contributed by atoms with van der Waals surface area (Å²) >= 11 is 1.47. The first-order valence-electron chi connectivity index (χ1n) is 10.0. The van der Waals surface area contributed by atoms with Crippen LogP contribution in [0.25, 0.3) is 11.3 Å². The molecule has 1 aliphatic rings. The molecule has 0 N–H and O–H groups in total. The monoisotopic (exact) mass is 471 g/mol. The van der Waals surface area contributed by atoms with E-state index >= 15 is 0 Å². The zero-order chi connectivity index (χ0) is 22.9. The van der Waals surface area contributed by atoms with Crippen molar-refractivity contribution in [2.75, 3.05) is 19.3 Å². The fourth-order valence-corrected chi connectivity index (χ4v) is 5.79. The Labute approximate surface area is 189 Å². The molecule has 2 heterocycles. The lowest BCUT2D eigenvalue weighted by Gasteiger charge is -2.31. The van der Waals surface area contributed by atoms with E-state index in [0.29, 0.717) is 37.2 Å². The minimum Gasteiger partial charge on any atom is -0.339 e. The highest BCUT2D eigenvalue weighted by Crippen LogP contribution is 2.36. The average molecular weight is 472 g/mol. The number of piperidine rings is 1. The quantitative estimate of drug-likeness (QED) is 0.408. The lowest BCUT2D eigenvalue weighted by atomic mass is 9.97. The molecule has 0 aliphatic carbocycles. The van der Waals surface area contributed by atoms with Crippen molar-refractivity contribution in [3.63, 3.8) is 0 Å². The molecule has 0 spiro atoms. The van der Waals surface area contributed by atoms with Crippen molar-refractivity contribution in [1.29, 1.82) is 0 Å². The number of thiazole rings is 1. The van der Waals surface area contributed by atoms with Gasteiger partial charge in [-0.05, 0) is 31.0 Å². The number of sulfone groups is 1. The molecule has 4 rings (SSSR count). The van der Waals surface area contributed by atoms with Crippen molar-refractivity contribution in [3.8, 4) is 11.3 Å². The van der Waals surface area contributed by atoms with Gasteiger partial charge in [-0.2, -0.15) is 0 Å². The highest BCUT2D eigenvalue weighted by atomic mass is 32.2. The number of carbonyl (C=O) groups is 1. The van der Waals surface area contributed by atoms with Crippen molar-refractivity contribution in [2.24, 2.45) is 0 Å². The number of aromatic nitrogens is 1. The van der Waals surface area contributed by atoms with Crippen molar-refractivity contribution in [1.82, 2.24) is 9.88 Å². The summed E-state index contributed by atoms with van der Waals surface area (Å²) in [5.41, 5.74) is 1.29. The SMILES string of the molecule is CS(=O)(=O)c1ccccc1C(=O)N1CCC(c2nc(-c3ccccc3[N+](=O)[O-])cs2)CC1. The summed E-state index contributed by atoms with van der Waals surface area (Å²) in [6.45, 7) is 0.976. The molecule has 0 radical (unpaired) electrons. The van der Waals surface area contributed by atoms with Crippen LogP contribution in [0.2, 0.25) is 0 Å². The van der Waals surface area contributed by atoms with Gasteiger partial charge in [0.25, 0.3) is 11.6 Å². The lowest BCUT2D eigenvalue weighted by Crippen LogP contribution is -2.38. The maximum atomic E-state index is 13.0. The van der Waals surface area contributed by atoms with Gasteiger partial charge in [0.2, 0.25) is 0 Å². The first-order chi connectivity index (χ1) is 15.3. The molecule has 2 aromatic carbocycles. The summed E-state index contributed by atoms with van der Waals surface area (Å²) in [7, 11) is -3.51. The Morgan fingerprint density at radius 1 is 1.12 bits per heavy atom. The van der Waals surface area contributed by atoms with Gasteiger partial charge in [0, 0.05) is 36.7 Å². The fraction of sp³-hybridized carbons (Fsp3) is 0.273. The number of hydrogen-bond donors (Lipinski definition) is 0. The zero-order valence-corrected chi connectivity index (χ0v) is 18.9. The summed E-state index contributed by atoms with van der Waals surface area (Å²) < 4.78 is 24.1. The van der Waals surface area contributed by atoms with Gasteiger partial charge in [-0.15, -0.1) is 11.3 Å². The predicted octanol–water partition coefficient (Wildman–Crippen LogP) is 4.14. The molecular formula is C22H21N3O5S2. The summed E-state index contributed by atoms with van der Waals surface area (Å²) in [6, 6.07) is 12.8. The Bertz CT molecular complexity index is 1280. The van der Waals surface area contributed by atoms with E-state index in [2.05, 4.69) is 4.98 Å². The Kier molecular flexibility index (Phi) is 6.07. The normalized spacial score (nSPS) is 15.0. The highest BCUT2D eigenvalue weighted by molar-refractivity contribution is 7.90. The molecule has 0 unspecified atom stereocenters. The third-order valence-corrected chi connectivity index (χ3v) is 7.71. The van der Waals surface area contributed by atoms with E-state index in [0.717, 1.165) is 11.3 Å². The summed E-state index contributed by atoms with van der Waals surface area (Å²) in [6.07, 6.45) is 2.48. The standard InChI is InChI=1S/C22H21N3O5S2/c1-32(29,30)20-9-5-3-7-17(20)22(26)24-12-10-15(11-13-24)21-23-18(14-31-21)16-6-2-4-8-19(16)25(27)28/h2-9,14-15H,10-13H2,1H3. The second kappa shape index (κ2) is 8.79. The molecule has 0 saturated carbocycles. The van der Waals surface area contributed by atoms with Gasteiger partial charge in [-0.25, -0.2) is 13.4 Å². The van der Waals surface area contributed by atoms with E-state index in [-0.39, 0.29) is 28.0 Å².